The SMILES string of the molecule is CC(C)(C)OC(=O)[N+]1(CCOc2cccc3[nH]c(C(=O)[C@](N)(CC(=O)O)NS(=O)(=O)c4ccccc4)cc23)CCCCC1. The van der Waals surface area contributed by atoms with E-state index in [9.17, 15) is 27.9 Å². The van der Waals surface area contributed by atoms with Gasteiger partial charge < -0.3 is 25.3 Å². The Morgan fingerprint density at radius 3 is 2.33 bits per heavy atom. The summed E-state index contributed by atoms with van der Waals surface area (Å²) in [6.07, 6.45) is 1.59. The van der Waals surface area contributed by atoms with E-state index in [-0.39, 0.29) is 27.8 Å². The van der Waals surface area contributed by atoms with Crippen molar-refractivity contribution >= 4 is 38.8 Å². The molecule has 1 atom stereocenters. The van der Waals surface area contributed by atoms with Gasteiger partial charge in [-0.1, -0.05) is 24.3 Å². The van der Waals surface area contributed by atoms with Crippen molar-refractivity contribution in [3.8, 4) is 5.75 Å². The predicted molar refractivity (Wildman–Crippen MR) is 159 cm³/mol. The second kappa shape index (κ2) is 12.4. The van der Waals surface area contributed by atoms with Crippen molar-refractivity contribution in [2.45, 2.75) is 62.6 Å². The zero-order valence-corrected chi connectivity index (χ0v) is 25.4. The molecule has 0 aliphatic carbocycles. The lowest BCUT2D eigenvalue weighted by molar-refractivity contribution is -0.863. The van der Waals surface area contributed by atoms with Crippen LogP contribution in [0.2, 0.25) is 0 Å². The van der Waals surface area contributed by atoms with Crippen LogP contribution in [0.25, 0.3) is 10.9 Å². The Kier molecular flexibility index (Phi) is 9.30. The monoisotopic (exact) mass is 615 g/mol. The third kappa shape index (κ3) is 7.60. The van der Waals surface area contributed by atoms with Gasteiger partial charge in [0.1, 0.15) is 24.5 Å². The Morgan fingerprint density at radius 1 is 1.02 bits per heavy atom. The number of nitrogens with zero attached hydrogens (tertiary/aromatic N) is 1. The summed E-state index contributed by atoms with van der Waals surface area (Å²) in [5.41, 5.74) is 3.49. The average molecular weight is 616 g/mol. The van der Waals surface area contributed by atoms with Gasteiger partial charge >= 0.3 is 12.1 Å². The Hall–Kier alpha value is -3.78. The summed E-state index contributed by atoms with van der Waals surface area (Å²) < 4.78 is 40.1. The minimum Gasteiger partial charge on any atom is -0.487 e. The average Bonchev–Trinajstić information content (AvgIpc) is 3.37. The predicted octanol–water partition coefficient (Wildman–Crippen LogP) is 3.77. The minimum absolute atomic E-state index is 0.0983. The second-order valence-electron chi connectivity index (χ2n) is 11.9. The van der Waals surface area contributed by atoms with Gasteiger partial charge in [-0.2, -0.15) is 9.52 Å². The Morgan fingerprint density at radius 2 is 1.70 bits per heavy atom. The number of H-pyrrole nitrogens is 1. The zero-order valence-electron chi connectivity index (χ0n) is 24.6. The van der Waals surface area contributed by atoms with E-state index in [2.05, 4.69) is 9.71 Å². The number of carbonyl (C=O) groups excluding carboxylic acids is 2. The van der Waals surface area contributed by atoms with E-state index in [0.717, 1.165) is 19.3 Å². The number of nitrogens with two attached hydrogens (primary N) is 1. The van der Waals surface area contributed by atoms with Crippen LogP contribution in [0.4, 0.5) is 4.79 Å². The number of fused-ring (bicyclic) bond motifs is 1. The fourth-order valence-corrected chi connectivity index (χ4v) is 6.50. The lowest BCUT2D eigenvalue weighted by Crippen LogP contribution is -2.62. The maximum absolute atomic E-state index is 13.6. The van der Waals surface area contributed by atoms with Gasteiger partial charge in [0, 0.05) is 10.9 Å². The van der Waals surface area contributed by atoms with E-state index in [4.69, 9.17) is 15.2 Å². The number of aromatic amines is 1. The number of aromatic nitrogens is 1. The van der Waals surface area contributed by atoms with Gasteiger partial charge in [0.05, 0.1) is 30.1 Å². The number of carboxylic acids is 1. The fraction of sp³-hybridized carbons (Fsp3) is 0.433. The Bertz CT molecular complexity index is 1590. The first-order valence-corrected chi connectivity index (χ1v) is 15.6. The molecule has 0 spiro atoms. The van der Waals surface area contributed by atoms with Crippen molar-refractivity contribution in [1.82, 2.24) is 9.71 Å². The molecule has 4 rings (SSSR count). The van der Waals surface area contributed by atoms with Crippen LogP contribution in [0.1, 0.15) is 56.9 Å². The number of carbonyl (C=O) groups is 3. The number of carboxylic acid groups (broad SMARTS) is 1. The quantitative estimate of drug-likeness (QED) is 0.142. The number of rotatable bonds is 11. The molecule has 1 amide bonds. The molecule has 2 heterocycles. The first-order chi connectivity index (χ1) is 20.1. The number of likely N-dealkylation sites (tertiary alicyclic amines) is 1. The number of sulfonamides is 1. The number of piperidine rings is 1. The number of ether oxygens (including phenoxy) is 2. The van der Waals surface area contributed by atoms with Crippen LogP contribution in [0, 0.1) is 0 Å². The number of hydrogen-bond donors (Lipinski definition) is 4. The molecule has 3 aromatic rings. The van der Waals surface area contributed by atoms with E-state index in [0.29, 0.717) is 36.3 Å². The molecule has 1 saturated heterocycles. The molecular formula is C30H39N4O8S+. The molecule has 0 bridgehead atoms. The van der Waals surface area contributed by atoms with Crippen molar-refractivity contribution in [2.75, 3.05) is 26.2 Å². The third-order valence-corrected chi connectivity index (χ3v) is 8.83. The topological polar surface area (TPSA) is 178 Å². The number of amides is 1. The highest BCUT2D eigenvalue weighted by Crippen LogP contribution is 2.29. The summed E-state index contributed by atoms with van der Waals surface area (Å²) in [4.78, 5) is 41.2. The minimum atomic E-state index is -4.34. The molecule has 232 valence electrons. The molecule has 1 aromatic heterocycles. The van der Waals surface area contributed by atoms with Crippen molar-refractivity contribution in [3.05, 3.63) is 60.3 Å². The Balaban J connectivity index is 1.57. The van der Waals surface area contributed by atoms with E-state index in [1.165, 1.54) is 30.3 Å². The van der Waals surface area contributed by atoms with E-state index in [1.807, 2.05) is 20.8 Å². The number of ketones is 1. The summed E-state index contributed by atoms with van der Waals surface area (Å²) in [6, 6.07) is 13.8. The number of aliphatic carboxylic acids is 1. The molecule has 1 aliphatic heterocycles. The van der Waals surface area contributed by atoms with Crippen LogP contribution in [-0.2, 0) is 19.6 Å². The highest BCUT2D eigenvalue weighted by molar-refractivity contribution is 7.89. The molecule has 2 aromatic carbocycles. The van der Waals surface area contributed by atoms with Gasteiger partial charge in [0.15, 0.2) is 5.66 Å². The smallest absolute Gasteiger partial charge is 0.487 e. The van der Waals surface area contributed by atoms with Gasteiger partial charge in [-0.25, -0.2) is 12.9 Å². The third-order valence-electron chi connectivity index (χ3n) is 7.30. The lowest BCUT2D eigenvalue weighted by Gasteiger charge is -2.38. The van der Waals surface area contributed by atoms with Crippen molar-refractivity contribution < 1.29 is 41.9 Å². The number of quaternary nitrogens is 1. The van der Waals surface area contributed by atoms with Crippen LogP contribution in [0.15, 0.2) is 59.5 Å². The highest BCUT2D eigenvalue weighted by atomic mass is 32.2. The number of Topliss-reactive ketones (excluding diaryl/α,β-unsaturated/α-hetero) is 1. The van der Waals surface area contributed by atoms with Crippen LogP contribution in [0.5, 0.6) is 5.75 Å². The van der Waals surface area contributed by atoms with Gasteiger partial charge in [-0.05, 0) is 70.4 Å². The molecule has 12 nitrogen and oxygen atoms in total. The largest absolute Gasteiger partial charge is 0.516 e. The van der Waals surface area contributed by atoms with Crippen LogP contribution >= 0.6 is 0 Å². The molecule has 13 heteroatoms. The first kappa shape index (κ1) is 32.1. The summed E-state index contributed by atoms with van der Waals surface area (Å²) in [6.45, 7) is 7.43. The summed E-state index contributed by atoms with van der Waals surface area (Å²) in [7, 11) is -4.34. The first-order valence-electron chi connectivity index (χ1n) is 14.1. The van der Waals surface area contributed by atoms with Crippen LogP contribution < -0.4 is 15.2 Å². The molecule has 0 radical (unpaired) electrons. The van der Waals surface area contributed by atoms with E-state index < -0.39 is 39.5 Å². The molecule has 1 fully saturated rings. The molecule has 0 saturated carbocycles. The van der Waals surface area contributed by atoms with Crippen LogP contribution in [0.3, 0.4) is 0 Å². The van der Waals surface area contributed by atoms with Crippen LogP contribution in [-0.4, -0.2) is 78.3 Å². The molecular weight excluding hydrogens is 576 g/mol. The maximum atomic E-state index is 13.6. The summed E-state index contributed by atoms with van der Waals surface area (Å²) in [5.74, 6) is -2.00. The van der Waals surface area contributed by atoms with E-state index >= 15 is 0 Å². The number of benzene rings is 2. The van der Waals surface area contributed by atoms with Gasteiger partial charge in [0.25, 0.3) is 0 Å². The Labute approximate surface area is 250 Å². The standard InChI is InChI=1S/C30H38N4O8S/c1-29(2,3)42-28(38)34(15-8-5-9-16-34)17-18-41-25-14-10-13-23-22(25)19-24(32-23)27(37)30(31,20-26(35)36)33-43(39,40)21-11-6-4-7-12-21/h4,6-7,10-14,19,33H,5,8-9,15-18,20,31H2,1-3H3,(H-,32,35,36,37)/p+1/t30-/m0/s1. The second-order valence-corrected chi connectivity index (χ2v) is 13.6. The van der Waals surface area contributed by atoms with Crippen molar-refractivity contribution in [2.24, 2.45) is 5.73 Å². The van der Waals surface area contributed by atoms with E-state index in [1.54, 1.807) is 24.3 Å². The normalized spacial score (nSPS) is 16.7. The van der Waals surface area contributed by atoms with Crippen molar-refractivity contribution in [3.63, 3.8) is 0 Å². The zero-order chi connectivity index (χ0) is 31.5. The van der Waals surface area contributed by atoms with Gasteiger partial charge in [-0.3, -0.25) is 9.59 Å². The molecule has 5 N–H and O–H groups in total. The van der Waals surface area contributed by atoms with Gasteiger partial charge in [-0.15, -0.1) is 0 Å². The molecule has 0 unspecified atom stereocenters. The molecule has 43 heavy (non-hydrogen) atoms. The number of nitrogens with one attached hydrogen (secondary N) is 2. The lowest BCUT2D eigenvalue weighted by atomic mass is 10.0. The fourth-order valence-electron chi connectivity index (χ4n) is 5.22. The van der Waals surface area contributed by atoms with Gasteiger partial charge in [0.2, 0.25) is 15.8 Å². The van der Waals surface area contributed by atoms with Crippen molar-refractivity contribution in [1.29, 1.82) is 0 Å². The molecule has 1 aliphatic rings. The summed E-state index contributed by atoms with van der Waals surface area (Å²) >= 11 is 0. The number of hydrogen-bond acceptors (Lipinski definition) is 8. The summed E-state index contributed by atoms with van der Waals surface area (Å²) in [5, 5.41) is 10.0. The maximum Gasteiger partial charge on any atom is 0.516 e. The highest BCUT2D eigenvalue weighted by Gasteiger charge is 2.43.